The summed E-state index contributed by atoms with van der Waals surface area (Å²) in [5, 5.41) is 3.96. The van der Waals surface area contributed by atoms with Gasteiger partial charge in [-0.1, -0.05) is 24.3 Å². The van der Waals surface area contributed by atoms with E-state index >= 15 is 0 Å². The highest BCUT2D eigenvalue weighted by Gasteiger charge is 2.33. The fraction of sp³-hybridized carbons (Fsp3) is 0.444. The maximum absolute atomic E-state index is 13.3. The number of nitrogens with one attached hydrogen (secondary N) is 1. The van der Waals surface area contributed by atoms with Crippen LogP contribution < -0.4 is 5.32 Å². The van der Waals surface area contributed by atoms with Crippen LogP contribution in [0.25, 0.3) is 10.9 Å². The topological polar surface area (TPSA) is 74.6 Å². The Kier molecular flexibility index (Phi) is 6.95. The first kappa shape index (κ1) is 24.0. The van der Waals surface area contributed by atoms with Crippen molar-refractivity contribution in [3.63, 3.8) is 0 Å². The zero-order valence-corrected chi connectivity index (χ0v) is 21.1. The number of aromatic nitrogens is 1. The van der Waals surface area contributed by atoms with Crippen molar-refractivity contribution in [1.29, 1.82) is 0 Å². The van der Waals surface area contributed by atoms with Crippen molar-refractivity contribution in [3.05, 3.63) is 65.9 Å². The highest BCUT2D eigenvalue weighted by molar-refractivity contribution is 7.89. The molecular formula is C27H34N4O3S. The average Bonchev–Trinajstić information content (AvgIpc) is 3.26. The number of amides is 1. The molecule has 0 spiro atoms. The number of fused-ring (bicyclic) bond motifs is 2. The summed E-state index contributed by atoms with van der Waals surface area (Å²) in [4.78, 5) is 15.6. The van der Waals surface area contributed by atoms with E-state index in [0.717, 1.165) is 49.8 Å². The van der Waals surface area contributed by atoms with Crippen molar-refractivity contribution in [2.24, 2.45) is 13.0 Å². The van der Waals surface area contributed by atoms with Gasteiger partial charge in [0.05, 0.1) is 10.8 Å². The molecule has 8 heteroatoms. The molecule has 0 bridgehead atoms. The third-order valence-electron chi connectivity index (χ3n) is 7.41. The molecule has 2 aromatic carbocycles. The Morgan fingerprint density at radius 2 is 1.91 bits per heavy atom. The summed E-state index contributed by atoms with van der Waals surface area (Å²) in [6.07, 6.45) is 5.30. The van der Waals surface area contributed by atoms with Crippen molar-refractivity contribution in [3.8, 4) is 0 Å². The van der Waals surface area contributed by atoms with Crippen LogP contribution >= 0.6 is 0 Å². The Morgan fingerprint density at radius 1 is 1.09 bits per heavy atom. The number of benzene rings is 2. The van der Waals surface area contributed by atoms with Gasteiger partial charge in [-0.3, -0.25) is 9.69 Å². The molecule has 1 fully saturated rings. The summed E-state index contributed by atoms with van der Waals surface area (Å²) < 4.78 is 30.1. The fourth-order valence-electron chi connectivity index (χ4n) is 5.35. The van der Waals surface area contributed by atoms with Gasteiger partial charge in [-0.05, 0) is 61.1 Å². The van der Waals surface area contributed by atoms with Crippen molar-refractivity contribution in [2.45, 2.75) is 37.1 Å². The number of sulfonamides is 1. The van der Waals surface area contributed by atoms with Crippen LogP contribution in [0.2, 0.25) is 0 Å². The lowest BCUT2D eigenvalue weighted by atomic mass is 9.98. The van der Waals surface area contributed by atoms with Crippen LogP contribution in [0.15, 0.2) is 59.6 Å². The van der Waals surface area contributed by atoms with E-state index in [-0.39, 0.29) is 18.4 Å². The predicted octanol–water partition coefficient (Wildman–Crippen LogP) is 3.14. The quantitative estimate of drug-likeness (QED) is 0.512. The molecule has 2 aliphatic heterocycles. The zero-order valence-electron chi connectivity index (χ0n) is 20.3. The molecule has 2 aliphatic rings. The van der Waals surface area contributed by atoms with Crippen molar-refractivity contribution >= 4 is 26.8 Å². The number of carbonyl (C=O) groups excluding carboxylic acids is 1. The normalized spacial score (nSPS) is 19.5. The van der Waals surface area contributed by atoms with Crippen LogP contribution in [0.1, 0.15) is 30.4 Å². The summed E-state index contributed by atoms with van der Waals surface area (Å²) in [7, 11) is -1.70. The van der Waals surface area contributed by atoms with E-state index in [1.54, 1.807) is 12.1 Å². The lowest BCUT2D eigenvalue weighted by molar-refractivity contribution is -0.126. The maximum Gasteiger partial charge on any atom is 0.243 e. The molecule has 1 aromatic heterocycles. The number of hydrogen-bond acceptors (Lipinski definition) is 4. The average molecular weight is 495 g/mol. The molecule has 0 saturated carbocycles. The van der Waals surface area contributed by atoms with Gasteiger partial charge in [0, 0.05) is 63.4 Å². The van der Waals surface area contributed by atoms with Crippen LogP contribution in [0.3, 0.4) is 0 Å². The lowest BCUT2D eigenvalue weighted by Gasteiger charge is -2.31. The highest BCUT2D eigenvalue weighted by Crippen LogP contribution is 2.26. The number of aryl methyl sites for hydroxylation is 1. The van der Waals surface area contributed by atoms with Gasteiger partial charge in [0.2, 0.25) is 15.9 Å². The Hall–Kier alpha value is -2.68. The van der Waals surface area contributed by atoms with Crippen molar-refractivity contribution in [1.82, 2.24) is 19.1 Å². The van der Waals surface area contributed by atoms with Gasteiger partial charge in [-0.25, -0.2) is 8.42 Å². The monoisotopic (exact) mass is 494 g/mol. The number of piperidine rings is 1. The second-order valence-corrected chi connectivity index (χ2v) is 11.7. The summed E-state index contributed by atoms with van der Waals surface area (Å²) >= 11 is 0. The molecule has 1 amide bonds. The molecule has 1 N–H and O–H groups in total. The summed E-state index contributed by atoms with van der Waals surface area (Å²) in [5.41, 5.74) is 3.84. The van der Waals surface area contributed by atoms with Gasteiger partial charge in [0.1, 0.15) is 0 Å². The van der Waals surface area contributed by atoms with Gasteiger partial charge in [-0.15, -0.1) is 0 Å². The minimum atomic E-state index is -3.64. The molecule has 0 unspecified atom stereocenters. The number of nitrogens with zero attached hydrogens (tertiary/aromatic N) is 3. The minimum absolute atomic E-state index is 0.0348. The molecule has 3 heterocycles. The third kappa shape index (κ3) is 5.15. The largest absolute Gasteiger partial charge is 0.356 e. The molecule has 0 radical (unpaired) electrons. The second kappa shape index (κ2) is 10.1. The molecule has 0 aliphatic carbocycles. The van der Waals surface area contributed by atoms with Crippen molar-refractivity contribution in [2.75, 3.05) is 32.7 Å². The standard InChI is InChI=1S/C27H34N4O3S/c1-29-16-11-22-18-25(9-10-26(22)29)35(33,34)31-15-4-8-24(20-31)27(32)28-13-5-14-30-17-12-21-6-2-3-7-23(21)19-30/h2-3,6-7,9-11,16,18,24H,4-5,8,12-15,17,19-20H2,1H3,(H,28,32)/t24-/m0/s1. The van der Waals surface area contributed by atoms with Crippen molar-refractivity contribution < 1.29 is 13.2 Å². The van der Waals surface area contributed by atoms with Gasteiger partial charge < -0.3 is 9.88 Å². The number of hydrogen-bond donors (Lipinski definition) is 1. The molecule has 186 valence electrons. The third-order valence-corrected chi connectivity index (χ3v) is 9.27. The molecule has 5 rings (SSSR count). The van der Waals surface area contributed by atoms with E-state index < -0.39 is 10.0 Å². The second-order valence-electron chi connectivity index (χ2n) is 9.79. The van der Waals surface area contributed by atoms with Gasteiger partial charge in [0.25, 0.3) is 0 Å². The molecule has 35 heavy (non-hydrogen) atoms. The molecule has 1 atom stereocenters. The SMILES string of the molecule is Cn1ccc2cc(S(=O)(=O)N3CCC[C@H](C(=O)NCCCN4CCc5ccccc5C4)C3)ccc21. The van der Waals surface area contributed by atoms with Gasteiger partial charge in [-0.2, -0.15) is 4.31 Å². The number of carbonyl (C=O) groups is 1. The van der Waals surface area contributed by atoms with Crippen LogP contribution in [-0.2, 0) is 34.8 Å². The first-order valence-corrected chi connectivity index (χ1v) is 14.0. The smallest absolute Gasteiger partial charge is 0.243 e. The van der Waals surface area contributed by atoms with Crippen LogP contribution in [0, 0.1) is 5.92 Å². The van der Waals surface area contributed by atoms with Gasteiger partial charge >= 0.3 is 0 Å². The van der Waals surface area contributed by atoms with E-state index in [0.29, 0.717) is 24.4 Å². The maximum atomic E-state index is 13.3. The first-order chi connectivity index (χ1) is 16.9. The minimum Gasteiger partial charge on any atom is -0.356 e. The number of rotatable bonds is 7. The van der Waals surface area contributed by atoms with E-state index in [2.05, 4.69) is 34.5 Å². The van der Waals surface area contributed by atoms with Crippen LogP contribution in [0.4, 0.5) is 0 Å². The Labute approximate surface area is 207 Å². The Bertz CT molecular complexity index is 1320. The van der Waals surface area contributed by atoms with Gasteiger partial charge in [0.15, 0.2) is 0 Å². The molecule has 3 aromatic rings. The van der Waals surface area contributed by atoms with E-state index in [4.69, 9.17) is 0 Å². The van der Waals surface area contributed by atoms with Crippen LogP contribution in [0.5, 0.6) is 0 Å². The Morgan fingerprint density at radius 3 is 2.77 bits per heavy atom. The lowest BCUT2D eigenvalue weighted by Crippen LogP contribution is -2.45. The summed E-state index contributed by atoms with van der Waals surface area (Å²) in [5.74, 6) is -0.340. The summed E-state index contributed by atoms with van der Waals surface area (Å²) in [6, 6.07) is 15.8. The van der Waals surface area contributed by atoms with Crippen LogP contribution in [-0.4, -0.2) is 60.8 Å². The van der Waals surface area contributed by atoms with E-state index in [1.165, 1.54) is 15.4 Å². The summed E-state index contributed by atoms with van der Waals surface area (Å²) in [6.45, 7) is 4.27. The molecular weight excluding hydrogens is 460 g/mol. The zero-order chi connectivity index (χ0) is 24.4. The predicted molar refractivity (Wildman–Crippen MR) is 137 cm³/mol. The highest BCUT2D eigenvalue weighted by atomic mass is 32.2. The molecule has 1 saturated heterocycles. The first-order valence-electron chi connectivity index (χ1n) is 12.5. The Balaban J connectivity index is 1.12. The van der Waals surface area contributed by atoms with E-state index in [1.807, 2.05) is 29.9 Å². The molecule has 7 nitrogen and oxygen atoms in total. The van der Waals surface area contributed by atoms with E-state index in [9.17, 15) is 13.2 Å². The fourth-order valence-corrected chi connectivity index (χ4v) is 6.91.